The zero-order valence-corrected chi connectivity index (χ0v) is 14.7. The highest BCUT2D eigenvalue weighted by molar-refractivity contribution is 6.22. The fourth-order valence-corrected chi connectivity index (χ4v) is 2.44. The molecule has 0 radical (unpaired) electrons. The van der Waals surface area contributed by atoms with E-state index in [4.69, 9.17) is 18.9 Å². The first kappa shape index (κ1) is 19.0. The zero-order valence-electron chi connectivity index (χ0n) is 14.7. The average Bonchev–Trinajstić information content (AvgIpc) is 3.58. The van der Waals surface area contributed by atoms with Gasteiger partial charge in [0.25, 0.3) is 0 Å². The predicted octanol–water partition coefficient (Wildman–Crippen LogP) is 1.90. The third-order valence-corrected chi connectivity index (χ3v) is 3.74. The Hall–Kier alpha value is -3.82. The molecule has 2 heterocycles. The van der Waals surface area contributed by atoms with Gasteiger partial charge in [0.15, 0.2) is 0 Å². The highest BCUT2D eigenvalue weighted by Gasteiger charge is 2.33. The molecule has 0 aliphatic rings. The topological polar surface area (TPSA) is 115 Å². The van der Waals surface area contributed by atoms with E-state index in [1.807, 2.05) is 0 Å². The minimum atomic E-state index is -0.644. The molecule has 10 nitrogen and oxygen atoms in total. The average molecular weight is 388 g/mol. The number of aromatic nitrogens is 2. The van der Waals surface area contributed by atoms with Crippen molar-refractivity contribution >= 4 is 46.2 Å². The molecule has 0 fully saturated rings. The van der Waals surface area contributed by atoms with E-state index in [0.717, 1.165) is 12.2 Å². The van der Waals surface area contributed by atoms with Crippen LogP contribution in [0.3, 0.4) is 0 Å². The van der Waals surface area contributed by atoms with E-state index < -0.39 is 24.1 Å². The highest BCUT2D eigenvalue weighted by Crippen LogP contribution is 2.39. The van der Waals surface area contributed by atoms with Crippen LogP contribution in [0.1, 0.15) is 0 Å². The van der Waals surface area contributed by atoms with Crippen molar-refractivity contribution in [3.8, 4) is 0 Å². The summed E-state index contributed by atoms with van der Waals surface area (Å²) in [6, 6.07) is 3.35. The van der Waals surface area contributed by atoms with Crippen LogP contribution in [0.15, 0.2) is 37.4 Å². The lowest BCUT2D eigenvalue weighted by Gasteiger charge is -2.03. The van der Waals surface area contributed by atoms with Gasteiger partial charge in [0.1, 0.15) is 37.5 Å². The summed E-state index contributed by atoms with van der Waals surface area (Å²) in [4.78, 5) is 46.0. The Bertz CT molecular complexity index is 960. The summed E-state index contributed by atoms with van der Waals surface area (Å²) in [5.41, 5.74) is 2.34. The number of nitrogens with zero attached hydrogens (tertiary/aromatic N) is 2. The van der Waals surface area contributed by atoms with Gasteiger partial charge in [0.2, 0.25) is 0 Å². The molecular formula is C18H16N2O8. The quantitative estimate of drug-likeness (QED) is 0.249. The smallest absolute Gasteiger partial charge is 0.419 e. The van der Waals surface area contributed by atoms with Crippen LogP contribution in [-0.2, 0) is 28.5 Å². The summed E-state index contributed by atoms with van der Waals surface area (Å²) in [7, 11) is 0. The first-order valence-corrected chi connectivity index (χ1v) is 8.18. The molecule has 0 amide bonds. The number of carbonyl (C=O) groups excluding carboxylic acids is 4. The molecule has 1 aromatic carbocycles. The number of rotatable bonds is 8. The lowest BCUT2D eigenvalue weighted by molar-refractivity contribution is -0.139. The summed E-state index contributed by atoms with van der Waals surface area (Å²) >= 11 is 0. The second-order valence-corrected chi connectivity index (χ2v) is 5.44. The molecule has 10 heteroatoms. The molecule has 28 heavy (non-hydrogen) atoms. The van der Waals surface area contributed by atoms with Crippen molar-refractivity contribution < 1.29 is 38.1 Å². The van der Waals surface area contributed by atoms with Crippen LogP contribution in [0.4, 0.5) is 9.59 Å². The van der Waals surface area contributed by atoms with Crippen molar-refractivity contribution in [3.63, 3.8) is 0 Å². The summed E-state index contributed by atoms with van der Waals surface area (Å²) in [6.45, 7) is 6.10. The number of hydrogen-bond acceptors (Lipinski definition) is 8. The lowest BCUT2D eigenvalue weighted by atomic mass is 10.4. The molecule has 0 atom stereocenters. The second-order valence-electron chi connectivity index (χ2n) is 5.44. The molecule has 0 aliphatic heterocycles. The van der Waals surface area contributed by atoms with Gasteiger partial charge in [-0.2, -0.15) is 0 Å². The molecule has 0 saturated carbocycles. The normalized spacial score (nSPS) is 10.9. The van der Waals surface area contributed by atoms with E-state index in [1.165, 1.54) is 9.13 Å². The zero-order chi connectivity index (χ0) is 20.3. The number of benzene rings is 1. The van der Waals surface area contributed by atoms with E-state index >= 15 is 0 Å². The number of esters is 2. The van der Waals surface area contributed by atoms with Gasteiger partial charge in [-0.3, -0.25) is 0 Å². The Labute approximate surface area is 158 Å². The second kappa shape index (κ2) is 7.82. The molecule has 3 rings (SSSR count). The van der Waals surface area contributed by atoms with Gasteiger partial charge in [-0.05, 0) is 12.1 Å². The molecule has 3 aromatic rings. The highest BCUT2D eigenvalue weighted by atomic mass is 16.6. The Balaban J connectivity index is 1.54. The molecular weight excluding hydrogens is 372 g/mol. The predicted molar refractivity (Wildman–Crippen MR) is 95.6 cm³/mol. The standard InChI is InChI=1S/C18H16N2O8/c1-3-13(21)25-7-9-27-17(23)19-11-5-6-12-16(15(11)19)20(12)18(24)28-10-8-26-14(22)4-2/h3-6H,1-2,7-10H2. The van der Waals surface area contributed by atoms with Gasteiger partial charge in [-0.15, -0.1) is 0 Å². The lowest BCUT2D eigenvalue weighted by Crippen LogP contribution is -2.14. The Kier molecular flexibility index (Phi) is 5.30. The van der Waals surface area contributed by atoms with Crippen LogP contribution < -0.4 is 0 Å². The van der Waals surface area contributed by atoms with E-state index in [0.29, 0.717) is 22.1 Å². The fraction of sp³-hybridized carbons (Fsp3) is 0.222. The van der Waals surface area contributed by atoms with E-state index in [9.17, 15) is 19.2 Å². The van der Waals surface area contributed by atoms with E-state index in [1.54, 1.807) is 12.1 Å². The maximum absolute atomic E-state index is 12.1. The summed E-state index contributed by atoms with van der Waals surface area (Å²) < 4.78 is 22.0. The van der Waals surface area contributed by atoms with Crippen LogP contribution in [0.2, 0.25) is 0 Å². The van der Waals surface area contributed by atoms with Gasteiger partial charge in [-0.1, -0.05) is 13.2 Å². The summed E-state index contributed by atoms with van der Waals surface area (Å²) in [6.07, 6.45) is 0.731. The molecule has 0 saturated heterocycles. The maximum atomic E-state index is 12.1. The van der Waals surface area contributed by atoms with Crippen molar-refractivity contribution in [3.05, 3.63) is 37.4 Å². The van der Waals surface area contributed by atoms with Crippen molar-refractivity contribution in [2.24, 2.45) is 0 Å². The summed E-state index contributed by atoms with van der Waals surface area (Å²) in [5, 5.41) is 0. The van der Waals surface area contributed by atoms with Gasteiger partial charge < -0.3 is 18.9 Å². The maximum Gasteiger partial charge on any atom is 0.419 e. The molecule has 0 aliphatic carbocycles. The number of fused-ring (bicyclic) bond motifs is 3. The van der Waals surface area contributed by atoms with Gasteiger partial charge in [0.05, 0.1) is 11.0 Å². The van der Waals surface area contributed by atoms with Crippen LogP contribution in [0.5, 0.6) is 0 Å². The number of hydrogen-bond donors (Lipinski definition) is 0. The van der Waals surface area contributed by atoms with E-state index in [-0.39, 0.29) is 26.4 Å². The molecule has 0 N–H and O–H groups in total. The van der Waals surface area contributed by atoms with Gasteiger partial charge in [0, 0.05) is 12.2 Å². The van der Waals surface area contributed by atoms with Crippen LogP contribution in [0.25, 0.3) is 22.1 Å². The molecule has 146 valence electrons. The van der Waals surface area contributed by atoms with Crippen LogP contribution >= 0.6 is 0 Å². The van der Waals surface area contributed by atoms with Crippen LogP contribution in [-0.4, -0.2) is 59.7 Å². The third kappa shape index (κ3) is 3.80. The monoisotopic (exact) mass is 388 g/mol. The third-order valence-electron chi connectivity index (χ3n) is 3.74. The fourth-order valence-electron chi connectivity index (χ4n) is 2.44. The summed E-state index contributed by atoms with van der Waals surface area (Å²) in [5.74, 6) is -1.21. The molecule has 0 spiro atoms. The molecule has 2 aromatic heterocycles. The first-order valence-electron chi connectivity index (χ1n) is 8.18. The van der Waals surface area contributed by atoms with Crippen LogP contribution in [0, 0.1) is 0 Å². The van der Waals surface area contributed by atoms with Crippen molar-refractivity contribution in [1.82, 2.24) is 9.13 Å². The molecule has 0 bridgehead atoms. The van der Waals surface area contributed by atoms with Crippen molar-refractivity contribution in [2.45, 2.75) is 0 Å². The molecule has 0 unspecified atom stereocenters. The van der Waals surface area contributed by atoms with Gasteiger partial charge >= 0.3 is 24.1 Å². The SMILES string of the molecule is C=CC(=O)OCCOC(=O)n1c2ccc3c(c21)n3C(=O)OCCOC(=O)C=C. The Morgan fingerprint density at radius 3 is 1.43 bits per heavy atom. The van der Waals surface area contributed by atoms with E-state index in [2.05, 4.69) is 13.2 Å². The largest absolute Gasteiger partial charge is 0.459 e. The first-order chi connectivity index (χ1) is 13.5. The minimum absolute atomic E-state index is 0.0895. The Morgan fingerprint density at radius 2 is 1.07 bits per heavy atom. The van der Waals surface area contributed by atoms with Crippen molar-refractivity contribution in [1.29, 1.82) is 0 Å². The van der Waals surface area contributed by atoms with Gasteiger partial charge in [-0.25, -0.2) is 28.3 Å². The van der Waals surface area contributed by atoms with Crippen molar-refractivity contribution in [2.75, 3.05) is 26.4 Å². The number of carbonyl (C=O) groups is 4. The Morgan fingerprint density at radius 1 is 0.714 bits per heavy atom. The minimum Gasteiger partial charge on any atom is -0.459 e. The number of ether oxygens (including phenoxy) is 4.